The number of hydrogen-bond donors (Lipinski definition) is 1. The molecule has 0 radical (unpaired) electrons. The number of rotatable bonds is 4. The van der Waals surface area contributed by atoms with Gasteiger partial charge in [0.15, 0.2) is 5.16 Å². The second kappa shape index (κ2) is 4.71. The van der Waals surface area contributed by atoms with Crippen LogP contribution in [0.3, 0.4) is 0 Å². The molecule has 0 spiro atoms. The smallest absolute Gasteiger partial charge is 0.313 e. The van der Waals surface area contributed by atoms with Gasteiger partial charge >= 0.3 is 5.97 Å². The third kappa shape index (κ3) is 2.45. The molecule has 0 aromatic carbocycles. The molecule has 1 N–H and O–H groups in total. The third-order valence-electron chi connectivity index (χ3n) is 1.90. The molecular weight excluding hydrogens is 244 g/mol. The van der Waals surface area contributed by atoms with E-state index in [1.165, 1.54) is 11.8 Å². The van der Waals surface area contributed by atoms with E-state index in [-0.39, 0.29) is 5.75 Å². The summed E-state index contributed by atoms with van der Waals surface area (Å²) in [4.78, 5) is 14.8. The average molecular weight is 254 g/mol. The van der Waals surface area contributed by atoms with Crippen LogP contribution in [0.25, 0.3) is 5.69 Å². The number of carboxylic acids is 1. The van der Waals surface area contributed by atoms with E-state index in [2.05, 4.69) is 4.98 Å². The fourth-order valence-electron chi connectivity index (χ4n) is 1.28. The zero-order chi connectivity index (χ0) is 11.5. The SMILES string of the molecule is Cc1cn(-c2ccsc2)c(SCC(=O)O)n1. The van der Waals surface area contributed by atoms with Crippen LogP contribution in [0, 0.1) is 6.92 Å². The molecule has 0 aliphatic carbocycles. The van der Waals surface area contributed by atoms with Crippen LogP contribution in [0.1, 0.15) is 5.69 Å². The molecule has 6 heteroatoms. The zero-order valence-corrected chi connectivity index (χ0v) is 10.2. The first kappa shape index (κ1) is 11.2. The maximum absolute atomic E-state index is 10.5. The predicted octanol–water partition coefficient (Wildman–Crippen LogP) is 2.42. The third-order valence-corrected chi connectivity index (χ3v) is 3.51. The quantitative estimate of drug-likeness (QED) is 0.851. The molecule has 0 aliphatic rings. The first-order valence-electron chi connectivity index (χ1n) is 4.60. The Labute approximate surface area is 101 Å². The summed E-state index contributed by atoms with van der Waals surface area (Å²) in [5.74, 6) is -0.803. The molecule has 2 rings (SSSR count). The van der Waals surface area contributed by atoms with Crippen molar-refractivity contribution < 1.29 is 9.90 Å². The molecule has 0 aliphatic heterocycles. The number of aromatic nitrogens is 2. The summed E-state index contributed by atoms with van der Waals surface area (Å²) < 4.78 is 1.92. The van der Waals surface area contributed by atoms with Crippen LogP contribution in [-0.4, -0.2) is 26.4 Å². The van der Waals surface area contributed by atoms with E-state index in [0.717, 1.165) is 16.5 Å². The molecule has 2 heterocycles. The van der Waals surface area contributed by atoms with Gasteiger partial charge in [0.05, 0.1) is 17.1 Å². The number of imidazole rings is 1. The summed E-state index contributed by atoms with van der Waals surface area (Å²) in [6.45, 7) is 1.90. The number of thiophene rings is 1. The number of carboxylic acid groups (broad SMARTS) is 1. The van der Waals surface area contributed by atoms with Gasteiger partial charge in [-0.15, -0.1) is 0 Å². The van der Waals surface area contributed by atoms with E-state index in [1.807, 2.05) is 34.5 Å². The van der Waals surface area contributed by atoms with E-state index in [0.29, 0.717) is 0 Å². The molecule has 0 saturated carbocycles. The molecule has 0 unspecified atom stereocenters. The van der Waals surface area contributed by atoms with Crippen molar-refractivity contribution >= 4 is 29.1 Å². The fourth-order valence-corrected chi connectivity index (χ4v) is 2.67. The van der Waals surface area contributed by atoms with Gasteiger partial charge in [-0.25, -0.2) is 4.98 Å². The molecule has 0 saturated heterocycles. The van der Waals surface area contributed by atoms with Crippen molar-refractivity contribution in [1.29, 1.82) is 0 Å². The van der Waals surface area contributed by atoms with Crippen LogP contribution in [-0.2, 0) is 4.79 Å². The van der Waals surface area contributed by atoms with Crippen molar-refractivity contribution in [2.24, 2.45) is 0 Å². The van der Waals surface area contributed by atoms with Gasteiger partial charge in [-0.2, -0.15) is 11.3 Å². The molecule has 2 aromatic heterocycles. The van der Waals surface area contributed by atoms with Crippen LogP contribution in [0.5, 0.6) is 0 Å². The van der Waals surface area contributed by atoms with Gasteiger partial charge in [0.1, 0.15) is 0 Å². The minimum atomic E-state index is -0.831. The van der Waals surface area contributed by atoms with Crippen LogP contribution in [0.2, 0.25) is 0 Å². The number of thioether (sulfide) groups is 1. The van der Waals surface area contributed by atoms with E-state index >= 15 is 0 Å². The van der Waals surface area contributed by atoms with Crippen molar-refractivity contribution in [3.05, 3.63) is 28.7 Å². The lowest BCUT2D eigenvalue weighted by Crippen LogP contribution is -2.00. The van der Waals surface area contributed by atoms with E-state index in [1.54, 1.807) is 11.3 Å². The van der Waals surface area contributed by atoms with Crippen LogP contribution in [0.15, 0.2) is 28.2 Å². The minimum absolute atomic E-state index is 0.0284. The van der Waals surface area contributed by atoms with E-state index in [9.17, 15) is 4.79 Å². The van der Waals surface area contributed by atoms with E-state index in [4.69, 9.17) is 5.11 Å². The Morgan fingerprint density at radius 3 is 3.12 bits per heavy atom. The van der Waals surface area contributed by atoms with Gasteiger partial charge in [0, 0.05) is 11.6 Å². The number of aryl methyl sites for hydroxylation is 1. The van der Waals surface area contributed by atoms with Gasteiger partial charge in [-0.05, 0) is 18.4 Å². The molecule has 16 heavy (non-hydrogen) atoms. The normalized spacial score (nSPS) is 10.6. The molecular formula is C10H10N2O2S2. The first-order valence-corrected chi connectivity index (χ1v) is 6.53. The Balaban J connectivity index is 2.27. The lowest BCUT2D eigenvalue weighted by molar-refractivity contribution is -0.133. The molecule has 0 atom stereocenters. The molecule has 4 nitrogen and oxygen atoms in total. The van der Waals surface area contributed by atoms with Gasteiger partial charge in [0.25, 0.3) is 0 Å². The van der Waals surface area contributed by atoms with Crippen molar-refractivity contribution in [2.75, 3.05) is 5.75 Å². The number of carbonyl (C=O) groups is 1. The van der Waals surface area contributed by atoms with E-state index < -0.39 is 5.97 Å². The number of hydrogen-bond acceptors (Lipinski definition) is 4. The summed E-state index contributed by atoms with van der Waals surface area (Å²) in [7, 11) is 0. The maximum atomic E-state index is 10.5. The average Bonchev–Trinajstić information content (AvgIpc) is 2.82. The van der Waals surface area contributed by atoms with Gasteiger partial charge in [-0.3, -0.25) is 9.36 Å². The Morgan fingerprint density at radius 1 is 1.69 bits per heavy atom. The minimum Gasteiger partial charge on any atom is -0.481 e. The monoisotopic (exact) mass is 254 g/mol. The second-order valence-electron chi connectivity index (χ2n) is 3.20. The highest BCUT2D eigenvalue weighted by molar-refractivity contribution is 7.99. The second-order valence-corrected chi connectivity index (χ2v) is 4.92. The Kier molecular flexibility index (Phi) is 3.31. The largest absolute Gasteiger partial charge is 0.481 e. The predicted molar refractivity (Wildman–Crippen MR) is 64.5 cm³/mol. The fraction of sp³-hybridized carbons (Fsp3) is 0.200. The lowest BCUT2D eigenvalue weighted by atomic mass is 10.5. The summed E-state index contributed by atoms with van der Waals surface area (Å²) in [6, 6.07) is 1.98. The van der Waals surface area contributed by atoms with Gasteiger partial charge < -0.3 is 5.11 Å². The summed E-state index contributed by atoms with van der Waals surface area (Å²) in [5.41, 5.74) is 1.91. The summed E-state index contributed by atoms with van der Waals surface area (Å²) in [5, 5.41) is 13.4. The number of aliphatic carboxylic acids is 1. The van der Waals surface area contributed by atoms with Crippen LogP contribution in [0.4, 0.5) is 0 Å². The Bertz CT molecular complexity index is 491. The van der Waals surface area contributed by atoms with Gasteiger partial charge in [-0.1, -0.05) is 11.8 Å². The van der Waals surface area contributed by atoms with Crippen LogP contribution < -0.4 is 0 Å². The number of nitrogens with zero attached hydrogens (tertiary/aromatic N) is 2. The topological polar surface area (TPSA) is 55.1 Å². The molecule has 2 aromatic rings. The highest BCUT2D eigenvalue weighted by Gasteiger charge is 2.10. The van der Waals surface area contributed by atoms with Gasteiger partial charge in [0.2, 0.25) is 0 Å². The highest BCUT2D eigenvalue weighted by Crippen LogP contribution is 2.23. The zero-order valence-electron chi connectivity index (χ0n) is 8.58. The Hall–Kier alpha value is -1.27. The molecule has 0 fully saturated rings. The van der Waals surface area contributed by atoms with Crippen molar-refractivity contribution in [2.45, 2.75) is 12.1 Å². The first-order chi connectivity index (χ1) is 7.66. The standard InChI is InChI=1S/C10H10N2O2S2/c1-7-4-12(8-2-3-15-5-8)10(11-7)16-6-9(13)14/h2-5H,6H2,1H3,(H,13,14). The maximum Gasteiger partial charge on any atom is 0.313 e. The van der Waals surface area contributed by atoms with Crippen molar-refractivity contribution in [1.82, 2.24) is 9.55 Å². The van der Waals surface area contributed by atoms with Crippen molar-refractivity contribution in [3.8, 4) is 5.69 Å². The van der Waals surface area contributed by atoms with Crippen molar-refractivity contribution in [3.63, 3.8) is 0 Å². The van der Waals surface area contributed by atoms with Crippen LogP contribution >= 0.6 is 23.1 Å². The summed E-state index contributed by atoms with van der Waals surface area (Å²) in [6.07, 6.45) is 1.91. The molecule has 0 amide bonds. The molecule has 0 bridgehead atoms. The highest BCUT2D eigenvalue weighted by atomic mass is 32.2. The summed E-state index contributed by atoms with van der Waals surface area (Å²) >= 11 is 2.83. The molecule has 84 valence electrons. The lowest BCUT2D eigenvalue weighted by Gasteiger charge is -2.02. The Morgan fingerprint density at radius 2 is 2.50 bits per heavy atom.